The lowest BCUT2D eigenvalue weighted by atomic mass is 9.77. The number of hydrogen-bond donors (Lipinski definition) is 1. The molecular formula is C21H28ClNO. The summed E-state index contributed by atoms with van der Waals surface area (Å²) >= 11 is 0. The Hall–Kier alpha value is -1.51. The van der Waals surface area contributed by atoms with Crippen molar-refractivity contribution in [1.82, 2.24) is 4.90 Å². The molecule has 2 aromatic rings. The molecular weight excluding hydrogens is 318 g/mol. The smallest absolute Gasteiger partial charge is 0.115 e. The summed E-state index contributed by atoms with van der Waals surface area (Å²) < 4.78 is 0. The molecule has 0 radical (unpaired) electrons. The highest BCUT2D eigenvalue weighted by Gasteiger charge is 2.27. The van der Waals surface area contributed by atoms with E-state index in [-0.39, 0.29) is 17.8 Å². The topological polar surface area (TPSA) is 23.5 Å². The average Bonchev–Trinajstić information content (AvgIpc) is 2.55. The van der Waals surface area contributed by atoms with Crippen LogP contribution in [-0.2, 0) is 18.3 Å². The van der Waals surface area contributed by atoms with Crippen molar-refractivity contribution in [2.75, 3.05) is 19.6 Å². The van der Waals surface area contributed by atoms with Gasteiger partial charge in [0.15, 0.2) is 0 Å². The maximum Gasteiger partial charge on any atom is 0.115 e. The third-order valence-corrected chi connectivity index (χ3v) is 5.13. The lowest BCUT2D eigenvalue weighted by molar-refractivity contribution is 0.243. The van der Waals surface area contributed by atoms with E-state index in [2.05, 4.69) is 55.1 Å². The molecule has 0 aromatic heterocycles. The van der Waals surface area contributed by atoms with E-state index in [9.17, 15) is 5.11 Å². The molecule has 130 valence electrons. The first-order valence-corrected chi connectivity index (χ1v) is 8.63. The van der Waals surface area contributed by atoms with Crippen LogP contribution in [0.25, 0.3) is 0 Å². The minimum absolute atomic E-state index is 0. The lowest BCUT2D eigenvalue weighted by Gasteiger charge is -2.35. The molecule has 1 N–H and O–H groups in total. The molecule has 1 aliphatic rings. The van der Waals surface area contributed by atoms with E-state index in [0.717, 1.165) is 38.9 Å². The first-order chi connectivity index (χ1) is 11.0. The SMILES string of the molecule is CC1(C)CCN(CCc2ccccc2)CCc2ccc(O)cc21.Cl. The number of hydrogen-bond acceptors (Lipinski definition) is 2. The number of rotatable bonds is 3. The van der Waals surface area contributed by atoms with E-state index >= 15 is 0 Å². The number of aromatic hydroxyl groups is 1. The number of nitrogens with zero attached hydrogens (tertiary/aromatic N) is 1. The predicted octanol–water partition coefficient (Wildman–Crippen LogP) is 4.58. The highest BCUT2D eigenvalue weighted by molar-refractivity contribution is 5.85. The summed E-state index contributed by atoms with van der Waals surface area (Å²) in [6.07, 6.45) is 3.30. The summed E-state index contributed by atoms with van der Waals surface area (Å²) in [6.45, 7) is 7.93. The standard InChI is InChI=1S/C21H27NO.ClH/c1-21(2)12-15-22(13-10-17-6-4-3-5-7-17)14-11-18-8-9-19(23)16-20(18)21;/h3-9,16,23H,10-15H2,1-2H3;1H. The van der Waals surface area contributed by atoms with Crippen molar-refractivity contribution >= 4 is 12.4 Å². The zero-order chi connectivity index (χ0) is 16.3. The van der Waals surface area contributed by atoms with Crippen LogP contribution in [-0.4, -0.2) is 29.6 Å². The van der Waals surface area contributed by atoms with Gasteiger partial charge in [-0.05, 0) is 60.0 Å². The quantitative estimate of drug-likeness (QED) is 0.880. The molecule has 0 fully saturated rings. The van der Waals surface area contributed by atoms with Crippen LogP contribution in [0.3, 0.4) is 0 Å². The summed E-state index contributed by atoms with van der Waals surface area (Å²) in [5.41, 5.74) is 4.23. The summed E-state index contributed by atoms with van der Waals surface area (Å²) in [6, 6.07) is 16.6. The number of phenols is 1. The van der Waals surface area contributed by atoms with E-state index in [1.165, 1.54) is 16.7 Å². The third-order valence-electron chi connectivity index (χ3n) is 5.13. The van der Waals surface area contributed by atoms with Gasteiger partial charge in [-0.15, -0.1) is 12.4 Å². The van der Waals surface area contributed by atoms with Gasteiger partial charge in [-0.2, -0.15) is 0 Å². The minimum Gasteiger partial charge on any atom is -0.508 e. The van der Waals surface area contributed by atoms with E-state index in [4.69, 9.17) is 0 Å². The van der Waals surface area contributed by atoms with Gasteiger partial charge in [-0.3, -0.25) is 0 Å². The second-order valence-electron chi connectivity index (χ2n) is 7.30. The van der Waals surface area contributed by atoms with Crippen molar-refractivity contribution < 1.29 is 5.11 Å². The van der Waals surface area contributed by atoms with E-state index < -0.39 is 0 Å². The van der Waals surface area contributed by atoms with Gasteiger partial charge in [0.25, 0.3) is 0 Å². The van der Waals surface area contributed by atoms with Crippen molar-refractivity contribution in [3.63, 3.8) is 0 Å². The normalized spacial score (nSPS) is 17.2. The molecule has 1 aliphatic heterocycles. The summed E-state index contributed by atoms with van der Waals surface area (Å²) in [5, 5.41) is 9.83. The van der Waals surface area contributed by atoms with E-state index in [1.807, 2.05) is 12.1 Å². The highest BCUT2D eigenvalue weighted by Crippen LogP contribution is 2.34. The van der Waals surface area contributed by atoms with Crippen molar-refractivity contribution in [2.45, 2.75) is 38.5 Å². The molecule has 0 saturated heterocycles. The Bertz CT molecular complexity index is 654. The Balaban J connectivity index is 0.00000208. The minimum atomic E-state index is 0. The molecule has 0 saturated carbocycles. The zero-order valence-electron chi connectivity index (χ0n) is 14.7. The molecule has 0 amide bonds. The van der Waals surface area contributed by atoms with Gasteiger partial charge >= 0.3 is 0 Å². The van der Waals surface area contributed by atoms with Crippen LogP contribution in [0.15, 0.2) is 48.5 Å². The predicted molar refractivity (Wildman–Crippen MR) is 103 cm³/mol. The van der Waals surface area contributed by atoms with Gasteiger partial charge in [0.05, 0.1) is 0 Å². The largest absolute Gasteiger partial charge is 0.508 e. The second-order valence-corrected chi connectivity index (χ2v) is 7.30. The number of fused-ring (bicyclic) bond motifs is 1. The monoisotopic (exact) mass is 345 g/mol. The number of benzene rings is 2. The van der Waals surface area contributed by atoms with Gasteiger partial charge < -0.3 is 10.0 Å². The first kappa shape index (κ1) is 18.8. The molecule has 24 heavy (non-hydrogen) atoms. The van der Waals surface area contributed by atoms with Crippen molar-refractivity contribution in [3.8, 4) is 5.75 Å². The fourth-order valence-corrected chi connectivity index (χ4v) is 3.53. The first-order valence-electron chi connectivity index (χ1n) is 8.63. The van der Waals surface area contributed by atoms with Crippen LogP contribution in [0.2, 0.25) is 0 Å². The summed E-state index contributed by atoms with van der Waals surface area (Å²) in [7, 11) is 0. The Kier molecular flexibility index (Phi) is 6.31. The fraction of sp³-hybridized carbons (Fsp3) is 0.429. The van der Waals surface area contributed by atoms with Gasteiger partial charge in [-0.25, -0.2) is 0 Å². The zero-order valence-corrected chi connectivity index (χ0v) is 15.5. The van der Waals surface area contributed by atoms with Gasteiger partial charge in [0.1, 0.15) is 5.75 Å². The van der Waals surface area contributed by atoms with Crippen molar-refractivity contribution in [2.24, 2.45) is 0 Å². The Morgan fingerprint density at radius 3 is 2.54 bits per heavy atom. The molecule has 0 spiro atoms. The number of phenolic OH excluding ortho intramolecular Hbond substituents is 1. The molecule has 3 heteroatoms. The van der Waals surface area contributed by atoms with Crippen LogP contribution in [0.4, 0.5) is 0 Å². The molecule has 2 nitrogen and oxygen atoms in total. The van der Waals surface area contributed by atoms with Crippen LogP contribution >= 0.6 is 12.4 Å². The molecule has 2 aromatic carbocycles. The Morgan fingerprint density at radius 1 is 1.04 bits per heavy atom. The van der Waals surface area contributed by atoms with Crippen LogP contribution in [0.5, 0.6) is 5.75 Å². The van der Waals surface area contributed by atoms with Gasteiger partial charge in [0.2, 0.25) is 0 Å². The van der Waals surface area contributed by atoms with Crippen LogP contribution in [0, 0.1) is 0 Å². The molecule has 0 unspecified atom stereocenters. The van der Waals surface area contributed by atoms with Crippen molar-refractivity contribution in [1.29, 1.82) is 0 Å². The maximum atomic E-state index is 9.83. The second kappa shape index (κ2) is 8.04. The number of halogens is 1. The van der Waals surface area contributed by atoms with Gasteiger partial charge in [-0.1, -0.05) is 50.2 Å². The molecule has 0 atom stereocenters. The summed E-state index contributed by atoms with van der Waals surface area (Å²) in [5.74, 6) is 0.387. The third kappa shape index (κ3) is 4.52. The van der Waals surface area contributed by atoms with Gasteiger partial charge in [0, 0.05) is 13.1 Å². The van der Waals surface area contributed by atoms with Crippen molar-refractivity contribution in [3.05, 3.63) is 65.2 Å². The molecule has 3 rings (SSSR count). The Morgan fingerprint density at radius 2 is 1.79 bits per heavy atom. The van der Waals surface area contributed by atoms with E-state index in [1.54, 1.807) is 0 Å². The van der Waals surface area contributed by atoms with E-state index in [0.29, 0.717) is 5.75 Å². The lowest BCUT2D eigenvalue weighted by Crippen LogP contribution is -2.36. The van der Waals surface area contributed by atoms with Crippen LogP contribution < -0.4 is 0 Å². The molecule has 1 heterocycles. The fourth-order valence-electron chi connectivity index (χ4n) is 3.53. The summed E-state index contributed by atoms with van der Waals surface area (Å²) in [4.78, 5) is 2.59. The maximum absolute atomic E-state index is 9.83. The molecule has 0 bridgehead atoms. The molecule has 0 aliphatic carbocycles. The Labute approximate surface area is 151 Å². The van der Waals surface area contributed by atoms with Crippen LogP contribution in [0.1, 0.15) is 37.0 Å². The highest BCUT2D eigenvalue weighted by atomic mass is 35.5. The average molecular weight is 346 g/mol.